The smallest absolute Gasteiger partial charge is 0.0194 e. The van der Waals surface area contributed by atoms with Crippen LogP contribution >= 0.6 is 0 Å². The predicted octanol–water partition coefficient (Wildman–Crippen LogP) is 3.55. The fourth-order valence-electron chi connectivity index (χ4n) is 1.03. The van der Waals surface area contributed by atoms with Gasteiger partial charge in [-0.1, -0.05) is 44.6 Å². The average Bonchev–Trinajstić information content (AvgIpc) is 1.87. The van der Waals surface area contributed by atoms with E-state index >= 15 is 0 Å². The Morgan fingerprint density at radius 1 is 1.40 bits per heavy atom. The fraction of sp³-hybridized carbons (Fsp3) is 0.600. The maximum absolute atomic E-state index is 3.97. The summed E-state index contributed by atoms with van der Waals surface area (Å²) in [4.78, 5) is 0. The molecule has 0 aliphatic carbocycles. The van der Waals surface area contributed by atoms with Crippen LogP contribution in [0.25, 0.3) is 0 Å². The summed E-state index contributed by atoms with van der Waals surface area (Å²) in [6.45, 7) is 14.3. The van der Waals surface area contributed by atoms with Crippen molar-refractivity contribution in [3.8, 4) is 0 Å². The summed E-state index contributed by atoms with van der Waals surface area (Å²) in [5.74, 6) is 0.613. The second-order valence-electron chi connectivity index (χ2n) is 3.00. The maximum Gasteiger partial charge on any atom is -0.0194 e. The minimum atomic E-state index is 0.613. The first kappa shape index (κ1) is 9.48. The molecule has 0 aliphatic heterocycles. The highest BCUT2D eigenvalue weighted by atomic mass is 14.1. The van der Waals surface area contributed by atoms with E-state index in [4.69, 9.17) is 0 Å². The molecule has 0 heteroatoms. The van der Waals surface area contributed by atoms with E-state index in [2.05, 4.69) is 27.0 Å². The highest BCUT2D eigenvalue weighted by Gasteiger charge is 2.04. The van der Waals surface area contributed by atoms with Gasteiger partial charge in [0, 0.05) is 0 Å². The number of rotatable bonds is 4. The Bertz CT molecular complexity index is 131. The molecule has 58 valence electrons. The molecule has 0 nitrogen and oxygen atoms in total. The van der Waals surface area contributed by atoms with Crippen LogP contribution in [0.15, 0.2) is 24.3 Å². The Balaban J connectivity index is 3.82. The first-order valence-electron chi connectivity index (χ1n) is 3.94. The van der Waals surface area contributed by atoms with Gasteiger partial charge in [-0.05, 0) is 19.3 Å². The molecular formula is C10H18. The van der Waals surface area contributed by atoms with Gasteiger partial charge < -0.3 is 0 Å². The third-order valence-corrected chi connectivity index (χ3v) is 1.86. The lowest BCUT2D eigenvalue weighted by molar-refractivity contribution is 0.609. The molecule has 0 radical (unpaired) electrons. The van der Waals surface area contributed by atoms with Crippen molar-refractivity contribution < 1.29 is 0 Å². The summed E-state index contributed by atoms with van der Waals surface area (Å²) in [6, 6.07) is 0. The summed E-state index contributed by atoms with van der Waals surface area (Å²) in [6.07, 6.45) is 2.46. The van der Waals surface area contributed by atoms with Crippen LogP contribution in [-0.4, -0.2) is 0 Å². The van der Waals surface area contributed by atoms with Crippen LogP contribution in [0.1, 0.15) is 33.6 Å². The SMILES string of the molecule is C=C(C)C(=C)C(C)CCC. The molecule has 0 aromatic heterocycles. The van der Waals surface area contributed by atoms with Crippen LogP contribution in [-0.2, 0) is 0 Å². The zero-order chi connectivity index (χ0) is 8.15. The maximum atomic E-state index is 3.97. The van der Waals surface area contributed by atoms with E-state index in [0.717, 1.165) is 5.57 Å². The lowest BCUT2D eigenvalue weighted by Crippen LogP contribution is -1.97. The summed E-state index contributed by atoms with van der Waals surface area (Å²) >= 11 is 0. The fourth-order valence-corrected chi connectivity index (χ4v) is 1.03. The Kier molecular flexibility index (Phi) is 4.10. The minimum Gasteiger partial charge on any atom is -0.0958 e. The highest BCUT2D eigenvalue weighted by molar-refractivity contribution is 5.24. The monoisotopic (exact) mass is 138 g/mol. The third kappa shape index (κ3) is 2.86. The van der Waals surface area contributed by atoms with E-state index < -0.39 is 0 Å². The molecule has 0 heterocycles. The average molecular weight is 138 g/mol. The molecule has 0 bridgehead atoms. The molecule has 0 spiro atoms. The van der Waals surface area contributed by atoms with Gasteiger partial charge in [-0.15, -0.1) is 0 Å². The molecule has 0 saturated heterocycles. The first-order valence-corrected chi connectivity index (χ1v) is 3.94. The molecular weight excluding hydrogens is 120 g/mol. The summed E-state index contributed by atoms with van der Waals surface area (Å²) in [5.41, 5.74) is 2.34. The molecule has 1 unspecified atom stereocenters. The van der Waals surface area contributed by atoms with Crippen molar-refractivity contribution in [3.05, 3.63) is 24.3 Å². The summed E-state index contributed by atoms with van der Waals surface area (Å²) in [7, 11) is 0. The molecule has 0 aromatic carbocycles. The van der Waals surface area contributed by atoms with Crippen LogP contribution in [0.4, 0.5) is 0 Å². The van der Waals surface area contributed by atoms with Gasteiger partial charge >= 0.3 is 0 Å². The predicted molar refractivity (Wildman–Crippen MR) is 48.0 cm³/mol. The van der Waals surface area contributed by atoms with Gasteiger partial charge in [0.2, 0.25) is 0 Å². The van der Waals surface area contributed by atoms with Crippen molar-refractivity contribution in [1.29, 1.82) is 0 Å². The normalized spacial score (nSPS) is 12.7. The topological polar surface area (TPSA) is 0 Å². The first-order chi connectivity index (χ1) is 4.59. The molecule has 0 fully saturated rings. The van der Waals surface area contributed by atoms with Crippen molar-refractivity contribution in [2.45, 2.75) is 33.6 Å². The lowest BCUT2D eigenvalue weighted by Gasteiger charge is -2.12. The van der Waals surface area contributed by atoms with Gasteiger partial charge in [0.1, 0.15) is 0 Å². The van der Waals surface area contributed by atoms with Crippen LogP contribution in [0.2, 0.25) is 0 Å². The van der Waals surface area contributed by atoms with Gasteiger partial charge in [-0.3, -0.25) is 0 Å². The molecule has 0 aliphatic rings. The van der Waals surface area contributed by atoms with Crippen LogP contribution in [0.3, 0.4) is 0 Å². The molecule has 0 saturated carbocycles. The lowest BCUT2D eigenvalue weighted by atomic mass is 9.93. The highest BCUT2D eigenvalue weighted by Crippen LogP contribution is 2.19. The minimum absolute atomic E-state index is 0.613. The second kappa shape index (κ2) is 4.32. The summed E-state index contributed by atoms with van der Waals surface area (Å²) < 4.78 is 0. The van der Waals surface area contributed by atoms with Crippen molar-refractivity contribution in [2.75, 3.05) is 0 Å². The van der Waals surface area contributed by atoms with Crippen molar-refractivity contribution in [2.24, 2.45) is 5.92 Å². The quantitative estimate of drug-likeness (QED) is 0.521. The van der Waals surface area contributed by atoms with E-state index in [1.807, 2.05) is 6.92 Å². The molecule has 10 heavy (non-hydrogen) atoms. The summed E-state index contributed by atoms with van der Waals surface area (Å²) in [5, 5.41) is 0. The van der Waals surface area contributed by atoms with Gasteiger partial charge in [0.15, 0.2) is 0 Å². The Morgan fingerprint density at radius 3 is 2.20 bits per heavy atom. The van der Waals surface area contributed by atoms with Crippen molar-refractivity contribution in [1.82, 2.24) is 0 Å². The molecule has 1 atom stereocenters. The Hall–Kier alpha value is -0.520. The van der Waals surface area contributed by atoms with Crippen LogP contribution in [0.5, 0.6) is 0 Å². The van der Waals surface area contributed by atoms with Crippen LogP contribution in [0, 0.1) is 5.92 Å². The van der Waals surface area contributed by atoms with E-state index in [1.165, 1.54) is 18.4 Å². The zero-order valence-electron chi connectivity index (χ0n) is 7.41. The number of hydrogen-bond donors (Lipinski definition) is 0. The molecule has 0 rings (SSSR count). The van der Waals surface area contributed by atoms with E-state index in [9.17, 15) is 0 Å². The standard InChI is InChI=1S/C10H18/c1-6-7-9(4)10(5)8(2)3/h9H,2,5-7H2,1,3-4H3. The third-order valence-electron chi connectivity index (χ3n) is 1.86. The van der Waals surface area contributed by atoms with Gasteiger partial charge in [0.25, 0.3) is 0 Å². The number of allylic oxidation sites excluding steroid dienone is 2. The molecule has 0 amide bonds. The second-order valence-corrected chi connectivity index (χ2v) is 3.00. The van der Waals surface area contributed by atoms with E-state index in [-0.39, 0.29) is 0 Å². The van der Waals surface area contributed by atoms with Crippen LogP contribution < -0.4 is 0 Å². The van der Waals surface area contributed by atoms with Gasteiger partial charge in [0.05, 0.1) is 0 Å². The largest absolute Gasteiger partial charge is 0.0958 e. The Labute approximate surface area is 64.6 Å². The van der Waals surface area contributed by atoms with Gasteiger partial charge in [-0.2, -0.15) is 0 Å². The zero-order valence-corrected chi connectivity index (χ0v) is 7.41. The van der Waals surface area contributed by atoms with E-state index in [1.54, 1.807) is 0 Å². The Morgan fingerprint density at radius 2 is 1.90 bits per heavy atom. The van der Waals surface area contributed by atoms with Crippen molar-refractivity contribution in [3.63, 3.8) is 0 Å². The van der Waals surface area contributed by atoms with Gasteiger partial charge in [-0.25, -0.2) is 0 Å². The number of hydrogen-bond acceptors (Lipinski definition) is 0. The van der Waals surface area contributed by atoms with Crippen molar-refractivity contribution >= 4 is 0 Å². The van der Waals surface area contributed by atoms with E-state index in [0.29, 0.717) is 5.92 Å². The molecule has 0 N–H and O–H groups in total. The molecule has 0 aromatic rings.